The first-order valence-electron chi connectivity index (χ1n) is 8.18. The minimum absolute atomic E-state index is 0.513. The molecule has 2 rings (SSSR count). The molecule has 0 bridgehead atoms. The van der Waals surface area contributed by atoms with Crippen molar-refractivity contribution < 1.29 is 4.74 Å². The Hall–Kier alpha value is -1.06. The quantitative estimate of drug-likeness (QED) is 0.869. The van der Waals surface area contributed by atoms with Crippen LogP contribution in [0.2, 0.25) is 0 Å². The van der Waals surface area contributed by atoms with Crippen molar-refractivity contribution in [3.05, 3.63) is 29.3 Å². The highest BCUT2D eigenvalue weighted by Gasteiger charge is 2.17. The molecule has 0 spiro atoms. The molecule has 21 heavy (non-hydrogen) atoms. The maximum Gasteiger partial charge on any atom is 0.0469 e. The Balaban J connectivity index is 2.05. The molecular weight excluding hydrogens is 260 g/mol. The second kappa shape index (κ2) is 7.81. The van der Waals surface area contributed by atoms with E-state index in [9.17, 15) is 0 Å². The fourth-order valence-corrected chi connectivity index (χ4v) is 2.96. The molecule has 3 nitrogen and oxygen atoms in total. The first-order valence-corrected chi connectivity index (χ1v) is 8.18. The Morgan fingerprint density at radius 1 is 1.29 bits per heavy atom. The fourth-order valence-electron chi connectivity index (χ4n) is 2.96. The van der Waals surface area contributed by atoms with Gasteiger partial charge in [-0.2, -0.15) is 0 Å². The number of nitrogens with one attached hydrogen (secondary N) is 1. The molecule has 0 radical (unpaired) electrons. The summed E-state index contributed by atoms with van der Waals surface area (Å²) in [6.07, 6.45) is 2.38. The van der Waals surface area contributed by atoms with E-state index >= 15 is 0 Å². The van der Waals surface area contributed by atoms with Crippen LogP contribution in [0.5, 0.6) is 0 Å². The summed E-state index contributed by atoms with van der Waals surface area (Å²) in [6, 6.07) is 7.31. The van der Waals surface area contributed by atoms with Gasteiger partial charge in [-0.25, -0.2) is 0 Å². The SMILES string of the molecule is Cc1ccc(N(C)CC2CCOCC2)c(CNC(C)C)c1. The average Bonchev–Trinajstić information content (AvgIpc) is 2.46. The Morgan fingerprint density at radius 3 is 2.67 bits per heavy atom. The maximum absolute atomic E-state index is 5.46. The van der Waals surface area contributed by atoms with Crippen LogP contribution >= 0.6 is 0 Å². The van der Waals surface area contributed by atoms with E-state index in [-0.39, 0.29) is 0 Å². The normalized spacial score (nSPS) is 16.4. The van der Waals surface area contributed by atoms with Crippen molar-refractivity contribution in [2.24, 2.45) is 5.92 Å². The second-order valence-corrected chi connectivity index (χ2v) is 6.60. The largest absolute Gasteiger partial charge is 0.381 e. The summed E-state index contributed by atoms with van der Waals surface area (Å²) < 4.78 is 5.46. The third-order valence-corrected chi connectivity index (χ3v) is 4.22. The van der Waals surface area contributed by atoms with Gasteiger partial charge in [0.25, 0.3) is 0 Å². The minimum Gasteiger partial charge on any atom is -0.381 e. The first kappa shape index (κ1) is 16.3. The zero-order valence-electron chi connectivity index (χ0n) is 14.0. The van der Waals surface area contributed by atoms with Gasteiger partial charge in [-0.3, -0.25) is 0 Å². The number of aryl methyl sites for hydroxylation is 1. The van der Waals surface area contributed by atoms with Gasteiger partial charge < -0.3 is 15.0 Å². The zero-order valence-corrected chi connectivity index (χ0v) is 14.0. The molecule has 0 amide bonds. The standard InChI is InChI=1S/C18H30N2O/c1-14(2)19-12-17-11-15(3)5-6-18(17)20(4)13-16-7-9-21-10-8-16/h5-6,11,14,16,19H,7-10,12-13H2,1-4H3. The van der Waals surface area contributed by atoms with Crippen molar-refractivity contribution in [2.75, 3.05) is 31.7 Å². The highest BCUT2D eigenvalue weighted by Crippen LogP contribution is 2.24. The molecular formula is C18H30N2O. The van der Waals surface area contributed by atoms with E-state index in [1.54, 1.807) is 0 Å². The number of anilines is 1. The monoisotopic (exact) mass is 290 g/mol. The van der Waals surface area contributed by atoms with Crippen molar-refractivity contribution >= 4 is 5.69 Å². The Morgan fingerprint density at radius 2 is 2.00 bits per heavy atom. The lowest BCUT2D eigenvalue weighted by Crippen LogP contribution is -2.31. The number of rotatable bonds is 6. The van der Waals surface area contributed by atoms with Crippen LogP contribution in [0.25, 0.3) is 0 Å². The molecule has 0 aromatic heterocycles. The van der Waals surface area contributed by atoms with Crippen LogP contribution < -0.4 is 10.2 Å². The van der Waals surface area contributed by atoms with E-state index in [0.717, 1.165) is 32.2 Å². The van der Waals surface area contributed by atoms with E-state index < -0.39 is 0 Å². The third kappa shape index (κ3) is 5.01. The average molecular weight is 290 g/mol. The van der Waals surface area contributed by atoms with Gasteiger partial charge in [0.15, 0.2) is 0 Å². The van der Waals surface area contributed by atoms with Gasteiger partial charge >= 0.3 is 0 Å². The van der Waals surface area contributed by atoms with Gasteiger partial charge in [0.05, 0.1) is 0 Å². The van der Waals surface area contributed by atoms with Crippen LogP contribution in [0.3, 0.4) is 0 Å². The Bertz CT molecular complexity index is 439. The van der Waals surface area contributed by atoms with Gasteiger partial charge in [-0.05, 0) is 37.3 Å². The summed E-state index contributed by atoms with van der Waals surface area (Å²) in [6.45, 7) is 10.5. The highest BCUT2D eigenvalue weighted by atomic mass is 16.5. The van der Waals surface area contributed by atoms with E-state index in [0.29, 0.717) is 6.04 Å². The first-order chi connectivity index (χ1) is 10.1. The summed E-state index contributed by atoms with van der Waals surface area (Å²) in [5.41, 5.74) is 4.09. The van der Waals surface area contributed by atoms with Crippen LogP contribution in [-0.4, -0.2) is 32.8 Å². The number of hydrogen-bond acceptors (Lipinski definition) is 3. The van der Waals surface area contributed by atoms with Gasteiger partial charge in [-0.15, -0.1) is 0 Å². The molecule has 1 aromatic carbocycles. The van der Waals surface area contributed by atoms with Gasteiger partial charge in [0, 0.05) is 45.1 Å². The molecule has 118 valence electrons. The highest BCUT2D eigenvalue weighted by molar-refractivity contribution is 5.54. The molecule has 1 N–H and O–H groups in total. The lowest BCUT2D eigenvalue weighted by molar-refractivity contribution is 0.0685. The van der Waals surface area contributed by atoms with E-state index in [1.165, 1.54) is 29.7 Å². The van der Waals surface area contributed by atoms with Crippen molar-refractivity contribution in [3.63, 3.8) is 0 Å². The van der Waals surface area contributed by atoms with Crippen LogP contribution in [0.1, 0.15) is 37.8 Å². The van der Waals surface area contributed by atoms with Crippen molar-refractivity contribution in [2.45, 2.75) is 46.2 Å². The molecule has 1 aromatic rings. The molecule has 0 saturated carbocycles. The summed E-state index contributed by atoms with van der Waals surface area (Å²) in [5.74, 6) is 0.760. The predicted octanol–water partition coefficient (Wildman–Crippen LogP) is 3.36. The van der Waals surface area contributed by atoms with Crippen LogP contribution in [0.4, 0.5) is 5.69 Å². The third-order valence-electron chi connectivity index (χ3n) is 4.22. The van der Waals surface area contributed by atoms with E-state index in [1.807, 2.05) is 0 Å². The summed E-state index contributed by atoms with van der Waals surface area (Å²) in [4.78, 5) is 2.42. The maximum atomic E-state index is 5.46. The van der Waals surface area contributed by atoms with Gasteiger partial charge in [0.1, 0.15) is 0 Å². The zero-order chi connectivity index (χ0) is 15.2. The van der Waals surface area contributed by atoms with Crippen LogP contribution in [-0.2, 0) is 11.3 Å². The number of ether oxygens (including phenoxy) is 1. The van der Waals surface area contributed by atoms with Gasteiger partial charge in [0.2, 0.25) is 0 Å². The topological polar surface area (TPSA) is 24.5 Å². The van der Waals surface area contributed by atoms with E-state index in [2.05, 4.69) is 56.2 Å². The molecule has 1 aliphatic rings. The molecule has 0 aliphatic carbocycles. The number of nitrogens with zero attached hydrogens (tertiary/aromatic N) is 1. The van der Waals surface area contributed by atoms with Gasteiger partial charge in [-0.1, -0.05) is 31.5 Å². The Kier molecular flexibility index (Phi) is 6.07. The van der Waals surface area contributed by atoms with Crippen LogP contribution in [0, 0.1) is 12.8 Å². The Labute approximate surface area is 129 Å². The van der Waals surface area contributed by atoms with E-state index in [4.69, 9.17) is 4.74 Å². The summed E-state index contributed by atoms with van der Waals surface area (Å²) in [7, 11) is 2.22. The number of hydrogen-bond donors (Lipinski definition) is 1. The van der Waals surface area contributed by atoms with Crippen molar-refractivity contribution in [1.29, 1.82) is 0 Å². The summed E-state index contributed by atoms with van der Waals surface area (Å²) in [5, 5.41) is 3.54. The smallest absolute Gasteiger partial charge is 0.0469 e. The molecule has 1 heterocycles. The van der Waals surface area contributed by atoms with Crippen molar-refractivity contribution in [3.8, 4) is 0 Å². The summed E-state index contributed by atoms with van der Waals surface area (Å²) >= 11 is 0. The molecule has 1 aliphatic heterocycles. The molecule has 0 atom stereocenters. The molecule has 1 saturated heterocycles. The second-order valence-electron chi connectivity index (χ2n) is 6.60. The number of benzene rings is 1. The predicted molar refractivity (Wildman–Crippen MR) is 90.0 cm³/mol. The molecule has 3 heteroatoms. The lowest BCUT2D eigenvalue weighted by atomic mass is 9.99. The fraction of sp³-hybridized carbons (Fsp3) is 0.667. The molecule has 1 fully saturated rings. The minimum atomic E-state index is 0.513. The lowest BCUT2D eigenvalue weighted by Gasteiger charge is -2.30. The molecule has 0 unspecified atom stereocenters. The van der Waals surface area contributed by atoms with Crippen molar-refractivity contribution in [1.82, 2.24) is 5.32 Å². The van der Waals surface area contributed by atoms with Crippen LogP contribution in [0.15, 0.2) is 18.2 Å².